The Hall–Kier alpha value is -1.86. The van der Waals surface area contributed by atoms with Crippen molar-refractivity contribution < 1.29 is 28.2 Å². The van der Waals surface area contributed by atoms with Crippen molar-refractivity contribution in [3.8, 4) is 0 Å². The normalized spacial score (nSPS) is 13.0. The second-order valence-corrected chi connectivity index (χ2v) is 7.10. The third kappa shape index (κ3) is 12.4. The maximum Gasteiger partial charge on any atom is 0.408 e. The molecule has 2 amide bonds. The first-order valence-electron chi connectivity index (χ1n) is 7.36. The third-order valence-electron chi connectivity index (χ3n) is 2.21. The maximum absolute atomic E-state index is 12.9. The molecule has 134 valence electrons. The van der Waals surface area contributed by atoms with Crippen LogP contribution < -0.4 is 10.6 Å². The Morgan fingerprint density at radius 2 is 1.43 bits per heavy atom. The molecule has 0 heterocycles. The number of rotatable bonds is 6. The van der Waals surface area contributed by atoms with Crippen molar-refractivity contribution in [3.63, 3.8) is 0 Å². The van der Waals surface area contributed by atoms with E-state index in [1.165, 1.54) is 0 Å². The zero-order valence-corrected chi connectivity index (χ0v) is 14.6. The predicted molar refractivity (Wildman–Crippen MR) is 83.0 cm³/mol. The van der Waals surface area contributed by atoms with E-state index in [2.05, 4.69) is 10.6 Å². The fraction of sp³-hybridized carbons (Fsp3) is 0.800. The number of ketones is 1. The van der Waals surface area contributed by atoms with Crippen LogP contribution in [0.25, 0.3) is 0 Å². The summed E-state index contributed by atoms with van der Waals surface area (Å²) < 4.78 is 22.9. The van der Waals surface area contributed by atoms with Gasteiger partial charge in [-0.3, -0.25) is 4.79 Å². The molecule has 1 atom stereocenters. The van der Waals surface area contributed by atoms with Crippen LogP contribution in [0.15, 0.2) is 0 Å². The van der Waals surface area contributed by atoms with Crippen molar-refractivity contribution in [3.05, 3.63) is 0 Å². The minimum absolute atomic E-state index is 0.258. The van der Waals surface area contributed by atoms with Gasteiger partial charge in [0.05, 0.1) is 12.6 Å². The Balaban J connectivity index is 4.24. The highest BCUT2D eigenvalue weighted by Gasteiger charge is 2.22. The van der Waals surface area contributed by atoms with Gasteiger partial charge in [-0.1, -0.05) is 0 Å². The summed E-state index contributed by atoms with van der Waals surface area (Å²) in [5, 5.41) is 4.56. The van der Waals surface area contributed by atoms with Gasteiger partial charge < -0.3 is 20.1 Å². The van der Waals surface area contributed by atoms with Crippen molar-refractivity contribution in [2.24, 2.45) is 0 Å². The standard InChI is InChI=1S/C15H27FN2O5/c1-14(2,3)22-12(20)17-9-11(19)7-10(8-16)18-13(21)23-15(4,5)6/h10H,7-9H2,1-6H3,(H,17,20)(H,18,21). The molecule has 2 N–H and O–H groups in total. The number of nitrogens with one attached hydrogen (secondary N) is 2. The molecule has 0 fully saturated rings. The summed E-state index contributed by atoms with van der Waals surface area (Å²) >= 11 is 0. The summed E-state index contributed by atoms with van der Waals surface area (Å²) in [6.45, 7) is 8.88. The van der Waals surface area contributed by atoms with E-state index in [4.69, 9.17) is 9.47 Å². The Morgan fingerprint density at radius 1 is 0.957 bits per heavy atom. The molecule has 0 saturated heterocycles. The SMILES string of the molecule is CC(C)(C)OC(=O)NCC(=O)CC(CF)NC(=O)OC(C)(C)C. The van der Waals surface area contributed by atoms with Crippen LogP contribution in [-0.2, 0) is 14.3 Å². The van der Waals surface area contributed by atoms with E-state index in [0.717, 1.165) is 0 Å². The number of hydrogen-bond donors (Lipinski definition) is 2. The fourth-order valence-electron chi connectivity index (χ4n) is 1.45. The number of Topliss-reactive ketones (excluding diaryl/α,β-unsaturated/α-hetero) is 1. The summed E-state index contributed by atoms with van der Waals surface area (Å²) in [5.74, 6) is -0.436. The Morgan fingerprint density at radius 3 is 1.87 bits per heavy atom. The molecule has 0 aliphatic rings. The van der Waals surface area contributed by atoms with Crippen LogP contribution in [0, 0.1) is 0 Å². The van der Waals surface area contributed by atoms with Crippen molar-refractivity contribution in [2.45, 2.75) is 65.2 Å². The molecule has 0 aromatic carbocycles. The van der Waals surface area contributed by atoms with Crippen LogP contribution in [0.5, 0.6) is 0 Å². The Labute approximate surface area is 136 Å². The van der Waals surface area contributed by atoms with Crippen molar-refractivity contribution >= 4 is 18.0 Å². The van der Waals surface area contributed by atoms with E-state index in [-0.39, 0.29) is 13.0 Å². The van der Waals surface area contributed by atoms with Gasteiger partial charge in [0.1, 0.15) is 17.9 Å². The van der Waals surface area contributed by atoms with Gasteiger partial charge in [-0.2, -0.15) is 0 Å². The zero-order valence-electron chi connectivity index (χ0n) is 14.6. The highest BCUT2D eigenvalue weighted by atomic mass is 19.1. The summed E-state index contributed by atoms with van der Waals surface area (Å²) in [5.41, 5.74) is -1.39. The Bertz CT molecular complexity index is 427. The number of amides is 2. The van der Waals surface area contributed by atoms with Crippen molar-refractivity contribution in [1.29, 1.82) is 0 Å². The largest absolute Gasteiger partial charge is 0.444 e. The molecule has 8 heteroatoms. The van der Waals surface area contributed by atoms with Gasteiger partial charge in [-0.05, 0) is 41.5 Å². The van der Waals surface area contributed by atoms with Gasteiger partial charge in [0.25, 0.3) is 0 Å². The summed E-state index contributed by atoms with van der Waals surface area (Å²) in [4.78, 5) is 34.7. The molecule has 0 saturated carbocycles. The summed E-state index contributed by atoms with van der Waals surface area (Å²) in [6, 6.07) is -1.00. The van der Waals surface area contributed by atoms with Gasteiger partial charge in [0.2, 0.25) is 0 Å². The van der Waals surface area contributed by atoms with Crippen LogP contribution in [-0.4, -0.2) is 48.4 Å². The molecule has 0 radical (unpaired) electrons. The number of alkyl halides is 1. The predicted octanol–water partition coefficient (Wildman–Crippen LogP) is 2.33. The smallest absolute Gasteiger partial charge is 0.408 e. The monoisotopic (exact) mass is 334 g/mol. The fourth-order valence-corrected chi connectivity index (χ4v) is 1.45. The lowest BCUT2D eigenvalue weighted by atomic mass is 10.1. The highest BCUT2D eigenvalue weighted by Crippen LogP contribution is 2.08. The first-order chi connectivity index (χ1) is 10.3. The molecule has 0 aromatic rings. The van der Waals surface area contributed by atoms with E-state index in [1.54, 1.807) is 41.5 Å². The van der Waals surface area contributed by atoms with Gasteiger partial charge >= 0.3 is 12.2 Å². The Kier molecular flexibility index (Phi) is 7.99. The molecule has 0 aliphatic carbocycles. The maximum atomic E-state index is 12.9. The average Bonchev–Trinajstić information content (AvgIpc) is 2.31. The first kappa shape index (κ1) is 21.1. The number of ether oxygens (including phenoxy) is 2. The quantitative estimate of drug-likeness (QED) is 0.777. The molecular formula is C15H27FN2O5. The van der Waals surface area contributed by atoms with Crippen LogP contribution in [0.2, 0.25) is 0 Å². The van der Waals surface area contributed by atoms with Gasteiger partial charge in [0.15, 0.2) is 5.78 Å². The third-order valence-corrected chi connectivity index (χ3v) is 2.21. The van der Waals surface area contributed by atoms with Crippen LogP contribution >= 0.6 is 0 Å². The van der Waals surface area contributed by atoms with Crippen LogP contribution in [0.4, 0.5) is 14.0 Å². The lowest BCUT2D eigenvalue weighted by Gasteiger charge is -2.22. The molecule has 1 unspecified atom stereocenters. The van der Waals surface area contributed by atoms with E-state index in [9.17, 15) is 18.8 Å². The second kappa shape index (κ2) is 8.69. The number of alkyl carbamates (subject to hydrolysis) is 2. The van der Waals surface area contributed by atoms with Gasteiger partial charge in [0, 0.05) is 6.42 Å². The molecule has 23 heavy (non-hydrogen) atoms. The number of carbonyl (C=O) groups excluding carboxylic acids is 3. The van der Waals surface area contributed by atoms with E-state index in [1.807, 2.05) is 0 Å². The molecule has 0 rings (SSSR count). The van der Waals surface area contributed by atoms with E-state index in [0.29, 0.717) is 0 Å². The number of hydrogen-bond acceptors (Lipinski definition) is 5. The van der Waals surface area contributed by atoms with E-state index < -0.39 is 41.9 Å². The average molecular weight is 334 g/mol. The lowest BCUT2D eigenvalue weighted by molar-refractivity contribution is -0.118. The molecule has 0 aromatic heterocycles. The summed E-state index contributed by atoms with van der Waals surface area (Å²) in [7, 11) is 0. The molecule has 0 spiro atoms. The molecular weight excluding hydrogens is 307 g/mol. The number of carbonyl (C=O) groups is 3. The number of halogens is 1. The van der Waals surface area contributed by atoms with E-state index >= 15 is 0 Å². The zero-order chi connectivity index (χ0) is 18.3. The highest BCUT2D eigenvalue weighted by molar-refractivity contribution is 5.84. The van der Waals surface area contributed by atoms with Gasteiger partial charge in [-0.25, -0.2) is 14.0 Å². The van der Waals surface area contributed by atoms with Crippen molar-refractivity contribution in [2.75, 3.05) is 13.2 Å². The van der Waals surface area contributed by atoms with Crippen LogP contribution in [0.1, 0.15) is 48.0 Å². The van der Waals surface area contributed by atoms with Crippen molar-refractivity contribution in [1.82, 2.24) is 10.6 Å². The van der Waals surface area contributed by atoms with Crippen LogP contribution in [0.3, 0.4) is 0 Å². The molecule has 7 nitrogen and oxygen atoms in total. The minimum atomic E-state index is -1.00. The summed E-state index contributed by atoms with van der Waals surface area (Å²) in [6.07, 6.45) is -1.79. The topological polar surface area (TPSA) is 93.7 Å². The lowest BCUT2D eigenvalue weighted by Crippen LogP contribution is -2.43. The first-order valence-corrected chi connectivity index (χ1v) is 7.36. The molecule has 0 bridgehead atoms. The minimum Gasteiger partial charge on any atom is -0.444 e. The second-order valence-electron chi connectivity index (χ2n) is 7.10. The molecule has 0 aliphatic heterocycles. The van der Waals surface area contributed by atoms with Gasteiger partial charge in [-0.15, -0.1) is 0 Å².